The topological polar surface area (TPSA) is 56.7 Å². The van der Waals surface area contributed by atoms with E-state index in [0.29, 0.717) is 5.92 Å². The van der Waals surface area contributed by atoms with E-state index < -0.39 is 0 Å². The summed E-state index contributed by atoms with van der Waals surface area (Å²) in [5, 5.41) is 4.39. The van der Waals surface area contributed by atoms with Gasteiger partial charge < -0.3 is 5.73 Å². The second-order valence-corrected chi connectivity index (χ2v) is 4.03. The van der Waals surface area contributed by atoms with Gasteiger partial charge in [-0.1, -0.05) is 20.3 Å². The van der Waals surface area contributed by atoms with E-state index in [2.05, 4.69) is 23.9 Å². The number of hydrogen-bond acceptors (Lipinski definition) is 3. The molecule has 86 valence electrons. The van der Waals surface area contributed by atoms with E-state index in [1.54, 1.807) is 0 Å². The fourth-order valence-electron chi connectivity index (χ4n) is 1.63. The highest BCUT2D eigenvalue weighted by Crippen LogP contribution is 2.09. The molecule has 0 saturated heterocycles. The number of aromatic nitrogens is 3. The molecule has 1 aromatic rings. The minimum Gasteiger partial charge on any atom is -0.330 e. The second-order valence-electron chi connectivity index (χ2n) is 4.03. The largest absolute Gasteiger partial charge is 0.330 e. The van der Waals surface area contributed by atoms with Crippen molar-refractivity contribution in [3.05, 3.63) is 11.6 Å². The van der Waals surface area contributed by atoms with Gasteiger partial charge in [0, 0.05) is 19.9 Å². The molecule has 0 amide bonds. The highest BCUT2D eigenvalue weighted by atomic mass is 15.3. The van der Waals surface area contributed by atoms with Crippen molar-refractivity contribution >= 4 is 0 Å². The lowest BCUT2D eigenvalue weighted by Gasteiger charge is -2.10. The molecule has 0 fully saturated rings. The van der Waals surface area contributed by atoms with Gasteiger partial charge in [0.2, 0.25) is 0 Å². The van der Waals surface area contributed by atoms with Crippen molar-refractivity contribution in [1.82, 2.24) is 14.8 Å². The molecule has 1 heterocycles. The average Bonchev–Trinajstić information content (AvgIpc) is 2.56. The van der Waals surface area contributed by atoms with Crippen molar-refractivity contribution in [2.45, 2.75) is 39.5 Å². The maximum Gasteiger partial charge on any atom is 0.150 e. The van der Waals surface area contributed by atoms with Crippen molar-refractivity contribution in [2.24, 2.45) is 18.7 Å². The van der Waals surface area contributed by atoms with Gasteiger partial charge in [-0.2, -0.15) is 5.10 Å². The van der Waals surface area contributed by atoms with Crippen LogP contribution in [0.4, 0.5) is 0 Å². The van der Waals surface area contributed by atoms with Crippen molar-refractivity contribution < 1.29 is 0 Å². The van der Waals surface area contributed by atoms with E-state index in [1.165, 1.54) is 0 Å². The fourth-order valence-corrected chi connectivity index (χ4v) is 1.63. The van der Waals surface area contributed by atoms with Crippen LogP contribution in [0, 0.1) is 5.92 Å². The van der Waals surface area contributed by atoms with Gasteiger partial charge in [0.05, 0.1) is 0 Å². The standard InChI is InChI=1S/C11H22N4/c1-4-6-10-13-11(15(3)14-10)7-9(5-2)8-12/h9H,4-8,12H2,1-3H3. The van der Waals surface area contributed by atoms with Gasteiger partial charge in [-0.3, -0.25) is 4.68 Å². The summed E-state index contributed by atoms with van der Waals surface area (Å²) >= 11 is 0. The molecule has 0 saturated carbocycles. The molecule has 0 spiro atoms. The molecule has 0 aliphatic carbocycles. The molecule has 0 aromatic carbocycles. The van der Waals surface area contributed by atoms with Crippen molar-refractivity contribution in [3.8, 4) is 0 Å². The van der Waals surface area contributed by atoms with Crippen LogP contribution in [0.3, 0.4) is 0 Å². The summed E-state index contributed by atoms with van der Waals surface area (Å²) in [6.07, 6.45) is 4.11. The smallest absolute Gasteiger partial charge is 0.150 e. The third-order valence-corrected chi connectivity index (χ3v) is 2.75. The van der Waals surface area contributed by atoms with E-state index in [4.69, 9.17) is 5.73 Å². The summed E-state index contributed by atoms with van der Waals surface area (Å²) in [6, 6.07) is 0. The molecule has 15 heavy (non-hydrogen) atoms. The zero-order valence-electron chi connectivity index (χ0n) is 10.0. The summed E-state index contributed by atoms with van der Waals surface area (Å²) in [5.74, 6) is 2.56. The predicted molar refractivity (Wildman–Crippen MR) is 61.5 cm³/mol. The normalized spacial score (nSPS) is 13.1. The second kappa shape index (κ2) is 5.85. The van der Waals surface area contributed by atoms with Crippen LogP contribution >= 0.6 is 0 Å². The van der Waals surface area contributed by atoms with Crippen LogP contribution in [-0.2, 0) is 19.9 Å². The van der Waals surface area contributed by atoms with E-state index in [1.807, 2.05) is 11.7 Å². The third-order valence-electron chi connectivity index (χ3n) is 2.75. The molecule has 1 aromatic heterocycles. The third kappa shape index (κ3) is 3.30. The van der Waals surface area contributed by atoms with Crippen LogP contribution in [0.1, 0.15) is 38.3 Å². The summed E-state index contributed by atoms with van der Waals surface area (Å²) in [6.45, 7) is 5.04. The van der Waals surface area contributed by atoms with Crippen LogP contribution in [0.15, 0.2) is 0 Å². The molecule has 0 aliphatic rings. The van der Waals surface area contributed by atoms with Gasteiger partial charge in [-0.25, -0.2) is 4.98 Å². The van der Waals surface area contributed by atoms with Crippen molar-refractivity contribution in [2.75, 3.05) is 6.54 Å². The highest BCUT2D eigenvalue weighted by Gasteiger charge is 2.11. The Morgan fingerprint density at radius 2 is 2.13 bits per heavy atom. The maximum absolute atomic E-state index is 5.69. The number of rotatable bonds is 6. The van der Waals surface area contributed by atoms with E-state index in [0.717, 1.165) is 43.9 Å². The molecular formula is C11H22N4. The fraction of sp³-hybridized carbons (Fsp3) is 0.818. The zero-order valence-corrected chi connectivity index (χ0v) is 10.0. The summed E-state index contributed by atoms with van der Waals surface area (Å²) in [5.41, 5.74) is 5.69. The Bertz CT molecular complexity index is 289. The van der Waals surface area contributed by atoms with Crippen LogP contribution in [0.25, 0.3) is 0 Å². The highest BCUT2D eigenvalue weighted by molar-refractivity contribution is 4.94. The Morgan fingerprint density at radius 1 is 1.40 bits per heavy atom. The van der Waals surface area contributed by atoms with Gasteiger partial charge in [-0.05, 0) is 18.9 Å². The number of hydrogen-bond donors (Lipinski definition) is 1. The number of nitrogens with zero attached hydrogens (tertiary/aromatic N) is 3. The summed E-state index contributed by atoms with van der Waals surface area (Å²) < 4.78 is 1.89. The maximum atomic E-state index is 5.69. The Balaban J connectivity index is 2.67. The lowest BCUT2D eigenvalue weighted by atomic mass is 10.0. The first kappa shape index (κ1) is 12.2. The SMILES string of the molecule is CCCc1nc(CC(CC)CN)n(C)n1. The first-order chi connectivity index (χ1) is 7.21. The monoisotopic (exact) mass is 210 g/mol. The van der Waals surface area contributed by atoms with Gasteiger partial charge in [0.25, 0.3) is 0 Å². The molecule has 1 atom stereocenters. The Kier molecular flexibility index (Phi) is 4.75. The molecule has 1 rings (SSSR count). The molecular weight excluding hydrogens is 188 g/mol. The first-order valence-electron chi connectivity index (χ1n) is 5.80. The average molecular weight is 210 g/mol. The number of nitrogens with two attached hydrogens (primary N) is 1. The minimum atomic E-state index is 0.530. The quantitative estimate of drug-likeness (QED) is 0.770. The van der Waals surface area contributed by atoms with Gasteiger partial charge >= 0.3 is 0 Å². The molecule has 4 nitrogen and oxygen atoms in total. The van der Waals surface area contributed by atoms with E-state index in [9.17, 15) is 0 Å². The molecule has 1 unspecified atom stereocenters. The molecule has 0 radical (unpaired) electrons. The summed E-state index contributed by atoms with van der Waals surface area (Å²) in [4.78, 5) is 4.53. The van der Waals surface area contributed by atoms with Crippen LogP contribution < -0.4 is 5.73 Å². The number of aryl methyl sites for hydroxylation is 2. The zero-order chi connectivity index (χ0) is 11.3. The minimum absolute atomic E-state index is 0.530. The van der Waals surface area contributed by atoms with Crippen molar-refractivity contribution in [3.63, 3.8) is 0 Å². The van der Waals surface area contributed by atoms with Crippen LogP contribution in [0.2, 0.25) is 0 Å². The van der Waals surface area contributed by atoms with E-state index in [-0.39, 0.29) is 0 Å². The van der Waals surface area contributed by atoms with Gasteiger partial charge in [0.1, 0.15) is 5.82 Å². The first-order valence-corrected chi connectivity index (χ1v) is 5.80. The summed E-state index contributed by atoms with van der Waals surface area (Å²) in [7, 11) is 1.96. The Morgan fingerprint density at radius 3 is 2.67 bits per heavy atom. The lowest BCUT2D eigenvalue weighted by molar-refractivity contribution is 0.492. The van der Waals surface area contributed by atoms with Crippen LogP contribution in [0.5, 0.6) is 0 Å². The van der Waals surface area contributed by atoms with E-state index >= 15 is 0 Å². The molecule has 0 aliphatic heterocycles. The van der Waals surface area contributed by atoms with Gasteiger partial charge in [0.15, 0.2) is 5.82 Å². The predicted octanol–water partition coefficient (Wildman–Crippen LogP) is 1.29. The Hall–Kier alpha value is -0.900. The van der Waals surface area contributed by atoms with Gasteiger partial charge in [-0.15, -0.1) is 0 Å². The lowest BCUT2D eigenvalue weighted by Crippen LogP contribution is -2.18. The molecule has 0 bridgehead atoms. The molecule has 2 N–H and O–H groups in total. The molecule has 4 heteroatoms. The Labute approximate surface area is 91.9 Å². The van der Waals surface area contributed by atoms with Crippen molar-refractivity contribution in [1.29, 1.82) is 0 Å². The van der Waals surface area contributed by atoms with Crippen LogP contribution in [-0.4, -0.2) is 21.3 Å².